The van der Waals surface area contributed by atoms with Gasteiger partial charge >= 0.3 is 0 Å². The second-order valence-electron chi connectivity index (χ2n) is 5.15. The van der Waals surface area contributed by atoms with E-state index in [0.29, 0.717) is 5.54 Å². The summed E-state index contributed by atoms with van der Waals surface area (Å²) in [6.07, 6.45) is 7.14. The number of halogens is 1. The Hall–Kier alpha value is -0.890. The van der Waals surface area contributed by atoms with Crippen molar-refractivity contribution in [1.82, 2.24) is 5.32 Å². The van der Waals surface area contributed by atoms with Crippen molar-refractivity contribution in [1.29, 1.82) is 0 Å². The molecule has 1 saturated heterocycles. The third-order valence-electron chi connectivity index (χ3n) is 4.04. The molecule has 0 saturated carbocycles. The molecule has 1 N–H and O–H groups in total. The average Bonchev–Trinajstić information content (AvgIpc) is 2.38. The van der Waals surface area contributed by atoms with Crippen LogP contribution in [0.3, 0.4) is 0 Å². The summed E-state index contributed by atoms with van der Waals surface area (Å²) in [5.74, 6) is -0.121. The molecule has 17 heavy (non-hydrogen) atoms. The molecule has 1 aliphatic rings. The van der Waals surface area contributed by atoms with Crippen LogP contribution in [0.5, 0.6) is 0 Å². The van der Waals surface area contributed by atoms with Crippen molar-refractivity contribution in [2.75, 3.05) is 6.54 Å². The first-order valence-corrected chi connectivity index (χ1v) is 6.74. The highest BCUT2D eigenvalue weighted by atomic mass is 19.1. The van der Waals surface area contributed by atoms with Crippen LogP contribution in [0.1, 0.15) is 44.6 Å². The van der Waals surface area contributed by atoms with E-state index in [2.05, 4.69) is 12.2 Å². The van der Waals surface area contributed by atoms with Gasteiger partial charge in [0.25, 0.3) is 0 Å². The second kappa shape index (κ2) is 5.63. The molecule has 0 radical (unpaired) electrons. The van der Waals surface area contributed by atoms with Crippen molar-refractivity contribution in [3.63, 3.8) is 0 Å². The van der Waals surface area contributed by atoms with Crippen LogP contribution in [0.2, 0.25) is 0 Å². The Kier molecular flexibility index (Phi) is 4.16. The van der Waals surface area contributed by atoms with Gasteiger partial charge in [-0.1, -0.05) is 25.5 Å². The summed E-state index contributed by atoms with van der Waals surface area (Å²) in [6.45, 7) is 3.39. The van der Waals surface area contributed by atoms with E-state index in [1.54, 1.807) is 12.1 Å². The van der Waals surface area contributed by atoms with E-state index in [-0.39, 0.29) is 5.82 Å². The van der Waals surface area contributed by atoms with Gasteiger partial charge in [-0.05, 0) is 56.3 Å². The van der Waals surface area contributed by atoms with Crippen molar-refractivity contribution in [2.24, 2.45) is 0 Å². The molecule has 2 heteroatoms. The zero-order valence-electron chi connectivity index (χ0n) is 10.6. The van der Waals surface area contributed by atoms with Crippen molar-refractivity contribution in [3.05, 3.63) is 35.6 Å². The molecule has 94 valence electrons. The lowest BCUT2D eigenvalue weighted by Gasteiger charge is -2.38. The summed E-state index contributed by atoms with van der Waals surface area (Å²) in [4.78, 5) is 0. The standard InChI is InChI=1S/C15H22FN/c1-2-15(9-3-4-11-17-15)10-8-13-6-5-7-14(16)12-13/h5-7,12,17H,2-4,8-11H2,1H3. The maximum atomic E-state index is 13.1. The van der Waals surface area contributed by atoms with Gasteiger partial charge < -0.3 is 5.32 Å². The van der Waals surface area contributed by atoms with Crippen molar-refractivity contribution in [2.45, 2.75) is 51.0 Å². The molecule has 2 rings (SSSR count). The normalized spacial score (nSPS) is 24.8. The highest BCUT2D eigenvalue weighted by Gasteiger charge is 2.28. The van der Waals surface area contributed by atoms with Gasteiger partial charge in [-0.25, -0.2) is 4.39 Å². The molecule has 0 bridgehead atoms. The number of aryl methyl sites for hydroxylation is 1. The van der Waals surface area contributed by atoms with Crippen LogP contribution in [-0.2, 0) is 6.42 Å². The number of piperidine rings is 1. The third kappa shape index (κ3) is 3.29. The van der Waals surface area contributed by atoms with Gasteiger partial charge in [0, 0.05) is 5.54 Å². The van der Waals surface area contributed by atoms with Crippen LogP contribution >= 0.6 is 0 Å². The van der Waals surface area contributed by atoms with Crippen molar-refractivity contribution >= 4 is 0 Å². The fourth-order valence-electron chi connectivity index (χ4n) is 2.80. The quantitative estimate of drug-likeness (QED) is 0.839. The highest BCUT2D eigenvalue weighted by Crippen LogP contribution is 2.27. The van der Waals surface area contributed by atoms with E-state index in [4.69, 9.17) is 0 Å². The Morgan fingerprint density at radius 1 is 1.35 bits per heavy atom. The number of hydrogen-bond donors (Lipinski definition) is 1. The van der Waals surface area contributed by atoms with Gasteiger partial charge in [0.2, 0.25) is 0 Å². The molecule has 1 nitrogen and oxygen atoms in total. The van der Waals surface area contributed by atoms with Gasteiger partial charge in [0.05, 0.1) is 0 Å². The summed E-state index contributed by atoms with van der Waals surface area (Å²) in [5, 5.41) is 3.67. The lowest BCUT2D eigenvalue weighted by molar-refractivity contribution is 0.229. The predicted molar refractivity (Wildman–Crippen MR) is 69.6 cm³/mol. The predicted octanol–water partition coefficient (Wildman–Crippen LogP) is 3.68. The fraction of sp³-hybridized carbons (Fsp3) is 0.600. The van der Waals surface area contributed by atoms with Crippen LogP contribution in [0, 0.1) is 5.82 Å². The topological polar surface area (TPSA) is 12.0 Å². The van der Waals surface area contributed by atoms with Crippen LogP contribution < -0.4 is 5.32 Å². The SMILES string of the molecule is CCC1(CCc2cccc(F)c2)CCCCN1. The molecule has 1 aromatic carbocycles. The maximum absolute atomic E-state index is 13.1. The number of rotatable bonds is 4. The fourth-order valence-corrected chi connectivity index (χ4v) is 2.80. The number of hydrogen-bond acceptors (Lipinski definition) is 1. The number of nitrogens with one attached hydrogen (secondary N) is 1. The van der Waals surface area contributed by atoms with E-state index in [9.17, 15) is 4.39 Å². The molecule has 1 aliphatic heterocycles. The van der Waals surface area contributed by atoms with Crippen LogP contribution in [-0.4, -0.2) is 12.1 Å². The summed E-state index contributed by atoms with van der Waals surface area (Å²) in [6, 6.07) is 7.00. The Morgan fingerprint density at radius 2 is 2.24 bits per heavy atom. The lowest BCUT2D eigenvalue weighted by atomic mass is 9.81. The summed E-state index contributed by atoms with van der Waals surface area (Å²) in [7, 11) is 0. The minimum Gasteiger partial charge on any atom is -0.311 e. The molecule has 0 aromatic heterocycles. The van der Waals surface area contributed by atoms with E-state index >= 15 is 0 Å². The van der Waals surface area contributed by atoms with E-state index in [1.165, 1.54) is 31.7 Å². The van der Waals surface area contributed by atoms with Gasteiger partial charge in [-0.3, -0.25) is 0 Å². The Labute approximate surface area is 103 Å². The van der Waals surface area contributed by atoms with Gasteiger partial charge in [-0.15, -0.1) is 0 Å². The van der Waals surface area contributed by atoms with Crippen molar-refractivity contribution < 1.29 is 4.39 Å². The van der Waals surface area contributed by atoms with E-state index < -0.39 is 0 Å². The Balaban J connectivity index is 1.95. The van der Waals surface area contributed by atoms with Crippen LogP contribution in [0.15, 0.2) is 24.3 Å². The third-order valence-corrected chi connectivity index (χ3v) is 4.04. The molecular weight excluding hydrogens is 213 g/mol. The molecule has 0 amide bonds. The average molecular weight is 235 g/mol. The largest absolute Gasteiger partial charge is 0.311 e. The zero-order valence-corrected chi connectivity index (χ0v) is 10.6. The highest BCUT2D eigenvalue weighted by molar-refractivity contribution is 5.17. The maximum Gasteiger partial charge on any atom is 0.123 e. The number of benzene rings is 1. The van der Waals surface area contributed by atoms with Crippen LogP contribution in [0.4, 0.5) is 4.39 Å². The zero-order chi connectivity index (χ0) is 12.1. The van der Waals surface area contributed by atoms with Crippen LogP contribution in [0.25, 0.3) is 0 Å². The summed E-state index contributed by atoms with van der Waals surface area (Å²) in [5.41, 5.74) is 1.41. The van der Waals surface area contributed by atoms with E-state index in [0.717, 1.165) is 24.9 Å². The first-order chi connectivity index (χ1) is 8.24. The Bertz CT molecular complexity index is 356. The molecule has 1 heterocycles. The van der Waals surface area contributed by atoms with Crippen molar-refractivity contribution in [3.8, 4) is 0 Å². The first kappa shape index (κ1) is 12.6. The minimum absolute atomic E-state index is 0.121. The van der Waals surface area contributed by atoms with Gasteiger partial charge in [0.15, 0.2) is 0 Å². The molecule has 0 aliphatic carbocycles. The molecule has 1 unspecified atom stereocenters. The van der Waals surface area contributed by atoms with E-state index in [1.807, 2.05) is 6.07 Å². The molecule has 0 spiro atoms. The molecule has 1 aromatic rings. The van der Waals surface area contributed by atoms with Gasteiger partial charge in [-0.2, -0.15) is 0 Å². The van der Waals surface area contributed by atoms with Gasteiger partial charge in [0.1, 0.15) is 5.82 Å². The molecular formula is C15H22FN. The Morgan fingerprint density at radius 3 is 2.88 bits per heavy atom. The smallest absolute Gasteiger partial charge is 0.123 e. The first-order valence-electron chi connectivity index (χ1n) is 6.74. The lowest BCUT2D eigenvalue weighted by Crippen LogP contribution is -2.48. The monoisotopic (exact) mass is 235 g/mol. The molecule has 1 fully saturated rings. The minimum atomic E-state index is -0.121. The summed E-state index contributed by atoms with van der Waals surface area (Å²) >= 11 is 0. The summed E-state index contributed by atoms with van der Waals surface area (Å²) < 4.78 is 13.1. The molecule has 1 atom stereocenters. The second-order valence-corrected chi connectivity index (χ2v) is 5.15.